The van der Waals surface area contributed by atoms with Crippen molar-refractivity contribution >= 4 is 16.6 Å². The summed E-state index contributed by atoms with van der Waals surface area (Å²) in [6, 6.07) is 21.4. The largest absolute Gasteiger partial charge is 0.505 e. The molecule has 4 aromatic rings. The Morgan fingerprint density at radius 3 is 2.48 bits per heavy atom. The van der Waals surface area contributed by atoms with Crippen LogP contribution in [0.15, 0.2) is 85.3 Å². The third-order valence-corrected chi connectivity index (χ3v) is 4.20. The first-order valence-corrected chi connectivity index (χ1v) is 8.11. The molecule has 0 radical (unpaired) electrons. The predicted octanol–water partition coefficient (Wildman–Crippen LogP) is 4.54. The van der Waals surface area contributed by atoms with Gasteiger partial charge in [0, 0.05) is 29.5 Å². The van der Waals surface area contributed by atoms with Crippen molar-refractivity contribution in [2.45, 2.75) is 6.04 Å². The number of phenolic OH excluding ortho intramolecular Hbond substituents is 1. The van der Waals surface area contributed by atoms with E-state index in [1.807, 2.05) is 66.7 Å². The first-order chi connectivity index (χ1) is 12.3. The van der Waals surface area contributed by atoms with Gasteiger partial charge in [-0.1, -0.05) is 48.5 Å². The zero-order valence-electron chi connectivity index (χ0n) is 13.5. The molecule has 2 N–H and O–H groups in total. The highest BCUT2D eigenvalue weighted by Crippen LogP contribution is 2.36. The maximum Gasteiger partial charge on any atom is 0.147 e. The molecule has 2 heterocycles. The molecule has 4 nitrogen and oxygen atoms in total. The summed E-state index contributed by atoms with van der Waals surface area (Å²) in [5, 5.41) is 15.2. The summed E-state index contributed by atoms with van der Waals surface area (Å²) in [6.07, 6.45) is 5.20. The molecule has 0 fully saturated rings. The number of aromatic hydroxyl groups is 1. The topological polar surface area (TPSA) is 58.0 Å². The fraction of sp³-hybridized carbons (Fsp3) is 0.0476. The second-order valence-electron chi connectivity index (χ2n) is 5.81. The van der Waals surface area contributed by atoms with Crippen molar-refractivity contribution in [2.75, 3.05) is 5.32 Å². The Morgan fingerprint density at radius 1 is 0.840 bits per heavy atom. The summed E-state index contributed by atoms with van der Waals surface area (Å²) in [7, 11) is 0. The van der Waals surface area contributed by atoms with Gasteiger partial charge in [-0.15, -0.1) is 0 Å². The van der Waals surface area contributed by atoms with Crippen molar-refractivity contribution < 1.29 is 5.11 Å². The molecule has 1 unspecified atom stereocenters. The third-order valence-electron chi connectivity index (χ3n) is 4.20. The lowest BCUT2D eigenvalue weighted by Crippen LogP contribution is -2.13. The number of benzene rings is 2. The zero-order chi connectivity index (χ0) is 17.1. The van der Waals surface area contributed by atoms with Crippen molar-refractivity contribution in [2.24, 2.45) is 0 Å². The number of aromatic nitrogens is 2. The normalized spacial score (nSPS) is 12.0. The molecule has 0 bridgehead atoms. The summed E-state index contributed by atoms with van der Waals surface area (Å²) < 4.78 is 0. The second kappa shape index (κ2) is 6.61. The fourth-order valence-corrected chi connectivity index (χ4v) is 2.98. The monoisotopic (exact) mass is 327 g/mol. The quantitative estimate of drug-likeness (QED) is 0.578. The van der Waals surface area contributed by atoms with E-state index in [1.165, 1.54) is 0 Å². The number of pyridine rings is 2. The van der Waals surface area contributed by atoms with Gasteiger partial charge in [0.25, 0.3) is 0 Å². The number of phenols is 1. The summed E-state index contributed by atoms with van der Waals surface area (Å²) in [4.78, 5) is 8.49. The summed E-state index contributed by atoms with van der Waals surface area (Å²) >= 11 is 0. The Kier molecular flexibility index (Phi) is 4.01. The highest BCUT2D eigenvalue weighted by Gasteiger charge is 2.19. The molecule has 0 aliphatic rings. The number of nitrogens with zero attached hydrogens (tertiary/aromatic N) is 2. The minimum Gasteiger partial charge on any atom is -0.505 e. The molecule has 0 saturated carbocycles. The third kappa shape index (κ3) is 3.02. The molecule has 1 atom stereocenters. The van der Waals surface area contributed by atoms with Crippen molar-refractivity contribution in [1.82, 2.24) is 9.97 Å². The zero-order valence-corrected chi connectivity index (χ0v) is 13.5. The summed E-state index contributed by atoms with van der Waals surface area (Å²) in [5.74, 6) is 0.198. The van der Waals surface area contributed by atoms with Gasteiger partial charge in [-0.3, -0.25) is 9.97 Å². The molecule has 25 heavy (non-hydrogen) atoms. The van der Waals surface area contributed by atoms with E-state index in [2.05, 4.69) is 15.3 Å². The van der Waals surface area contributed by atoms with Crippen LogP contribution in [0, 0.1) is 0 Å². The van der Waals surface area contributed by atoms with E-state index in [0.717, 1.165) is 22.2 Å². The number of hydrogen-bond acceptors (Lipinski definition) is 4. The van der Waals surface area contributed by atoms with E-state index >= 15 is 0 Å². The highest BCUT2D eigenvalue weighted by molar-refractivity contribution is 5.86. The molecular formula is C21H17N3O. The summed E-state index contributed by atoms with van der Waals surface area (Å²) in [6.45, 7) is 0. The van der Waals surface area contributed by atoms with E-state index in [1.54, 1.807) is 18.6 Å². The van der Waals surface area contributed by atoms with Crippen LogP contribution in [0.25, 0.3) is 10.9 Å². The van der Waals surface area contributed by atoms with Crippen LogP contribution in [0.1, 0.15) is 17.2 Å². The van der Waals surface area contributed by atoms with Gasteiger partial charge in [0.15, 0.2) is 0 Å². The van der Waals surface area contributed by atoms with E-state index < -0.39 is 0 Å². The number of hydrogen-bond donors (Lipinski definition) is 2. The lowest BCUT2D eigenvalue weighted by molar-refractivity contribution is 0.472. The van der Waals surface area contributed by atoms with Crippen LogP contribution in [0.2, 0.25) is 0 Å². The second-order valence-corrected chi connectivity index (χ2v) is 5.81. The first-order valence-electron chi connectivity index (χ1n) is 8.11. The molecule has 0 aliphatic carbocycles. The molecule has 2 aromatic heterocycles. The Bertz CT molecular complexity index is 988. The van der Waals surface area contributed by atoms with Crippen LogP contribution < -0.4 is 5.32 Å². The molecule has 122 valence electrons. The van der Waals surface area contributed by atoms with Crippen LogP contribution >= 0.6 is 0 Å². The molecular weight excluding hydrogens is 310 g/mol. The number of fused-ring (bicyclic) bond motifs is 1. The van der Waals surface area contributed by atoms with Crippen LogP contribution in [-0.4, -0.2) is 15.1 Å². The van der Waals surface area contributed by atoms with Gasteiger partial charge in [-0.25, -0.2) is 0 Å². The molecule has 4 heteroatoms. The molecule has 0 amide bonds. The fourth-order valence-electron chi connectivity index (χ4n) is 2.98. The molecule has 0 spiro atoms. The van der Waals surface area contributed by atoms with Crippen molar-refractivity contribution in [1.29, 1.82) is 0 Å². The Balaban J connectivity index is 1.85. The lowest BCUT2D eigenvalue weighted by Gasteiger charge is -2.22. The van der Waals surface area contributed by atoms with E-state index in [9.17, 15) is 5.11 Å². The number of rotatable bonds is 4. The standard InChI is InChI=1S/C21H17N3O/c25-21-18(11-10-16-8-4-13-23-20(16)21)19(15-6-2-1-3-7-15)24-17-9-5-12-22-14-17/h1-14,19,24-25H. The average Bonchev–Trinajstić information content (AvgIpc) is 2.69. The van der Waals surface area contributed by atoms with Crippen LogP contribution in [0.3, 0.4) is 0 Å². The summed E-state index contributed by atoms with van der Waals surface area (Å²) in [5.41, 5.74) is 3.32. The van der Waals surface area contributed by atoms with E-state index in [-0.39, 0.29) is 11.8 Å². The molecule has 2 aromatic carbocycles. The van der Waals surface area contributed by atoms with Gasteiger partial charge in [0.05, 0.1) is 11.7 Å². The molecule has 0 saturated heterocycles. The van der Waals surface area contributed by atoms with E-state index in [0.29, 0.717) is 5.52 Å². The van der Waals surface area contributed by atoms with Crippen LogP contribution in [-0.2, 0) is 0 Å². The minimum absolute atomic E-state index is 0.198. The Hall–Kier alpha value is -3.40. The van der Waals surface area contributed by atoms with Crippen molar-refractivity contribution in [3.05, 3.63) is 96.4 Å². The van der Waals surface area contributed by atoms with Crippen LogP contribution in [0.5, 0.6) is 5.75 Å². The maximum atomic E-state index is 10.8. The molecule has 4 rings (SSSR count). The van der Waals surface area contributed by atoms with Crippen molar-refractivity contribution in [3.63, 3.8) is 0 Å². The van der Waals surface area contributed by atoms with Gasteiger partial charge >= 0.3 is 0 Å². The van der Waals surface area contributed by atoms with Crippen molar-refractivity contribution in [3.8, 4) is 5.75 Å². The Labute approximate surface area is 145 Å². The molecule has 0 aliphatic heterocycles. The van der Waals surface area contributed by atoms with Gasteiger partial charge in [-0.2, -0.15) is 0 Å². The lowest BCUT2D eigenvalue weighted by atomic mass is 9.96. The number of nitrogens with one attached hydrogen (secondary N) is 1. The average molecular weight is 327 g/mol. The van der Waals surface area contributed by atoms with Gasteiger partial charge in [-0.05, 0) is 23.8 Å². The van der Waals surface area contributed by atoms with Gasteiger partial charge in [0.1, 0.15) is 11.3 Å². The number of anilines is 1. The van der Waals surface area contributed by atoms with Gasteiger partial charge in [0.2, 0.25) is 0 Å². The van der Waals surface area contributed by atoms with Crippen LogP contribution in [0.4, 0.5) is 5.69 Å². The SMILES string of the molecule is Oc1c(C(Nc2cccnc2)c2ccccc2)ccc2cccnc12. The highest BCUT2D eigenvalue weighted by atomic mass is 16.3. The smallest absolute Gasteiger partial charge is 0.147 e. The predicted molar refractivity (Wildman–Crippen MR) is 99.6 cm³/mol. The van der Waals surface area contributed by atoms with Gasteiger partial charge < -0.3 is 10.4 Å². The Morgan fingerprint density at radius 2 is 1.68 bits per heavy atom. The first kappa shape index (κ1) is 15.1. The van der Waals surface area contributed by atoms with E-state index in [4.69, 9.17) is 0 Å². The minimum atomic E-state index is -0.211. The maximum absolute atomic E-state index is 10.8.